The quantitative estimate of drug-likeness (QED) is 0.608. The number of aliphatic hydroxyl groups is 1. The van der Waals surface area contributed by atoms with E-state index in [4.69, 9.17) is 4.74 Å². The second kappa shape index (κ2) is 7.62. The molecule has 2 aromatic carbocycles. The van der Waals surface area contributed by atoms with Crippen molar-refractivity contribution >= 4 is 9.84 Å². The van der Waals surface area contributed by atoms with Gasteiger partial charge in [-0.15, -0.1) is 0 Å². The molecule has 0 saturated carbocycles. The fraction of sp³-hybridized carbons (Fsp3) is 0.300. The van der Waals surface area contributed by atoms with Crippen molar-refractivity contribution in [2.24, 2.45) is 0 Å². The van der Waals surface area contributed by atoms with E-state index < -0.39 is 26.5 Å². The van der Waals surface area contributed by atoms with Crippen molar-refractivity contribution in [3.05, 3.63) is 82.1 Å². The van der Waals surface area contributed by atoms with Gasteiger partial charge in [0.25, 0.3) is 9.84 Å². The molecule has 0 unspecified atom stereocenters. The summed E-state index contributed by atoms with van der Waals surface area (Å²) >= 11 is 0. The van der Waals surface area contributed by atoms with Crippen LogP contribution in [0.25, 0.3) is 4.98 Å². The molecule has 2 aromatic rings. The van der Waals surface area contributed by atoms with Crippen LogP contribution in [0.2, 0.25) is 0 Å². The third-order valence-corrected chi connectivity index (χ3v) is 6.37. The zero-order valence-electron chi connectivity index (χ0n) is 15.7. The van der Waals surface area contributed by atoms with Gasteiger partial charge in [0.05, 0.1) is 17.5 Å². The number of benzene rings is 2. The van der Waals surface area contributed by atoms with Crippen molar-refractivity contribution < 1.29 is 18.3 Å². The summed E-state index contributed by atoms with van der Waals surface area (Å²) in [5.74, 6) is -0.644. The number of aliphatic hydroxyl groups excluding tert-OH is 1. The molecule has 146 valence electrons. The maximum Gasteiger partial charge on any atom is 0.537 e. The molecule has 1 fully saturated rings. The third kappa shape index (κ3) is 3.72. The molecule has 0 radical (unpaired) electrons. The number of ether oxygens (including phenoxy) is 1. The Kier molecular flexibility index (Phi) is 5.40. The third-order valence-electron chi connectivity index (χ3n) is 4.71. The average molecular weight is 400 g/mol. The highest BCUT2D eigenvalue weighted by Crippen LogP contribution is 2.35. The van der Waals surface area contributed by atoms with Crippen LogP contribution in [0.3, 0.4) is 0 Å². The average Bonchev–Trinajstić information content (AvgIpc) is 2.97. The van der Waals surface area contributed by atoms with Gasteiger partial charge in [-0.05, 0) is 38.0 Å². The molecule has 0 spiro atoms. The molecule has 8 heteroatoms. The highest BCUT2D eigenvalue weighted by Gasteiger charge is 2.49. The second-order valence-corrected chi connectivity index (χ2v) is 8.88. The van der Waals surface area contributed by atoms with E-state index >= 15 is 0 Å². The van der Waals surface area contributed by atoms with Crippen LogP contribution in [0.15, 0.2) is 76.5 Å². The SMILES string of the molecule is CC1(C)OC[C@H](Cc2ccccc2)N1/C(O)=C(\[N+]#N)S(=O)(=O)c1ccccc1. The monoisotopic (exact) mass is 400 g/mol. The largest absolute Gasteiger partial charge is 0.537 e. The van der Waals surface area contributed by atoms with Gasteiger partial charge in [0.2, 0.25) is 5.39 Å². The van der Waals surface area contributed by atoms with Crippen molar-refractivity contribution in [3.8, 4) is 0 Å². The summed E-state index contributed by atoms with van der Waals surface area (Å²) in [4.78, 5) is 4.31. The zero-order chi connectivity index (χ0) is 20.4. The van der Waals surface area contributed by atoms with Crippen LogP contribution >= 0.6 is 0 Å². The minimum absolute atomic E-state index is 0.0770. The minimum Gasteiger partial charge on any atom is -0.488 e. The molecule has 1 aliphatic rings. The highest BCUT2D eigenvalue weighted by atomic mass is 32.2. The first kappa shape index (κ1) is 19.9. The van der Waals surface area contributed by atoms with Crippen LogP contribution in [0.4, 0.5) is 0 Å². The summed E-state index contributed by atoms with van der Waals surface area (Å²) in [7, 11) is -4.22. The van der Waals surface area contributed by atoms with Gasteiger partial charge in [0.1, 0.15) is 5.72 Å². The van der Waals surface area contributed by atoms with Gasteiger partial charge in [-0.2, -0.15) is 0 Å². The number of rotatable bonds is 5. The van der Waals surface area contributed by atoms with E-state index in [1.165, 1.54) is 17.0 Å². The summed E-state index contributed by atoms with van der Waals surface area (Å²) in [5.41, 5.74) is 0.0334. The van der Waals surface area contributed by atoms with Gasteiger partial charge >= 0.3 is 10.9 Å². The Morgan fingerprint density at radius 1 is 1.18 bits per heavy atom. The van der Waals surface area contributed by atoms with Crippen molar-refractivity contribution in [1.82, 2.24) is 4.90 Å². The van der Waals surface area contributed by atoms with E-state index in [0.717, 1.165) is 5.56 Å². The van der Waals surface area contributed by atoms with E-state index in [-0.39, 0.29) is 17.5 Å². The molecule has 7 nitrogen and oxygen atoms in total. The van der Waals surface area contributed by atoms with Crippen LogP contribution in [0.5, 0.6) is 0 Å². The first-order valence-corrected chi connectivity index (χ1v) is 10.3. The lowest BCUT2D eigenvalue weighted by molar-refractivity contribution is -0.0556. The number of diazo groups is 1. The first-order valence-electron chi connectivity index (χ1n) is 8.83. The summed E-state index contributed by atoms with van der Waals surface area (Å²) in [6.07, 6.45) is 0.526. The molecule has 1 saturated heterocycles. The van der Waals surface area contributed by atoms with E-state index in [2.05, 4.69) is 4.98 Å². The van der Waals surface area contributed by atoms with Crippen molar-refractivity contribution in [3.63, 3.8) is 0 Å². The van der Waals surface area contributed by atoms with Gasteiger partial charge in [-0.25, -0.2) is 8.42 Å². The lowest BCUT2D eigenvalue weighted by atomic mass is 10.1. The minimum atomic E-state index is -4.22. The Balaban J connectivity index is 2.04. The van der Waals surface area contributed by atoms with E-state index in [9.17, 15) is 18.9 Å². The van der Waals surface area contributed by atoms with Gasteiger partial charge < -0.3 is 14.7 Å². The van der Waals surface area contributed by atoms with Gasteiger partial charge in [-0.1, -0.05) is 48.5 Å². The smallest absolute Gasteiger partial charge is 0.488 e. The summed E-state index contributed by atoms with van der Waals surface area (Å²) in [6, 6.07) is 16.8. The first-order chi connectivity index (χ1) is 13.3. The van der Waals surface area contributed by atoms with Gasteiger partial charge in [-0.3, -0.25) is 0 Å². The topological polar surface area (TPSA) is 95.0 Å². The summed E-state index contributed by atoms with van der Waals surface area (Å²) < 4.78 is 31.6. The number of hydrogen-bond donors (Lipinski definition) is 1. The maximum atomic E-state index is 12.9. The Morgan fingerprint density at radius 3 is 2.32 bits per heavy atom. The molecule has 0 bridgehead atoms. The van der Waals surface area contributed by atoms with E-state index in [0.29, 0.717) is 6.42 Å². The normalized spacial score (nSPS) is 19.8. The maximum absolute atomic E-state index is 12.9. The van der Waals surface area contributed by atoms with Crippen LogP contribution in [0.1, 0.15) is 19.4 Å². The number of nitrogens with zero attached hydrogens (tertiary/aromatic N) is 3. The molecular weight excluding hydrogens is 378 g/mol. The molecule has 0 aromatic heterocycles. The standard InChI is InChI=1S/C20H21N3O4S/c1-20(2)23(16(14-27-20)13-15-9-5-3-6-10-15)19(24)18(22-21)28(25,26)17-11-7-4-8-12-17/h3-12,16H,13-14H2,1-2H3/p+1/b19-18-/t16-/m0/s1. The van der Waals surface area contributed by atoms with Crippen molar-refractivity contribution in [2.45, 2.75) is 36.9 Å². The molecule has 1 aliphatic heterocycles. The molecule has 1 heterocycles. The molecule has 1 atom stereocenters. The Bertz CT molecular complexity index is 1010. The Hall–Kier alpha value is -2.89. The molecule has 3 rings (SSSR count). The Labute approximate surface area is 164 Å². The fourth-order valence-corrected chi connectivity index (χ4v) is 4.57. The number of sulfone groups is 1. The summed E-state index contributed by atoms with van der Waals surface area (Å²) in [6.45, 7) is 3.73. The lowest BCUT2D eigenvalue weighted by Gasteiger charge is -2.33. The van der Waals surface area contributed by atoms with Crippen molar-refractivity contribution in [2.75, 3.05) is 6.61 Å². The van der Waals surface area contributed by atoms with Gasteiger partial charge in [0.15, 0.2) is 4.98 Å². The molecule has 0 aliphatic carbocycles. The highest BCUT2D eigenvalue weighted by molar-refractivity contribution is 7.95. The number of hydrogen-bond acceptors (Lipinski definition) is 6. The van der Waals surface area contributed by atoms with Gasteiger partial charge in [0, 0.05) is 0 Å². The van der Waals surface area contributed by atoms with Crippen molar-refractivity contribution in [1.29, 1.82) is 5.39 Å². The molecule has 28 heavy (non-hydrogen) atoms. The Morgan fingerprint density at radius 2 is 1.75 bits per heavy atom. The molecule has 0 amide bonds. The fourth-order valence-electron chi connectivity index (χ4n) is 3.38. The molecular formula is C20H22N3O4S+. The molecule has 1 N–H and O–H groups in total. The predicted octanol–water partition coefficient (Wildman–Crippen LogP) is 3.68. The summed E-state index contributed by atoms with van der Waals surface area (Å²) in [5, 5.41) is 19.5. The van der Waals surface area contributed by atoms with Crippen LogP contribution in [0, 0.1) is 5.39 Å². The zero-order valence-corrected chi connectivity index (χ0v) is 16.5. The lowest BCUT2D eigenvalue weighted by Crippen LogP contribution is -2.44. The predicted molar refractivity (Wildman–Crippen MR) is 104 cm³/mol. The van der Waals surface area contributed by atoms with Crippen LogP contribution in [-0.2, 0) is 21.0 Å². The van der Waals surface area contributed by atoms with E-state index in [1.807, 2.05) is 30.3 Å². The van der Waals surface area contributed by atoms with E-state index in [1.54, 1.807) is 32.0 Å². The van der Waals surface area contributed by atoms with Crippen LogP contribution in [-0.4, -0.2) is 36.8 Å². The second-order valence-electron chi connectivity index (χ2n) is 7.02. The van der Waals surface area contributed by atoms with Crippen LogP contribution < -0.4 is 0 Å².